The minimum atomic E-state index is -0.501. The van der Waals surface area contributed by atoms with Gasteiger partial charge in [0.1, 0.15) is 0 Å². The average molecular weight is 302 g/mol. The predicted octanol–water partition coefficient (Wildman–Crippen LogP) is 1.62. The molecule has 2 N–H and O–H groups in total. The summed E-state index contributed by atoms with van der Waals surface area (Å²) >= 11 is 5.62. The Balaban J connectivity index is 2.00. The van der Waals surface area contributed by atoms with Crippen molar-refractivity contribution in [1.29, 1.82) is 0 Å². The van der Waals surface area contributed by atoms with Crippen molar-refractivity contribution in [2.75, 3.05) is 5.32 Å². The molecule has 0 fully saturated rings. The van der Waals surface area contributed by atoms with Crippen molar-refractivity contribution in [3.63, 3.8) is 0 Å². The van der Waals surface area contributed by atoms with Gasteiger partial charge in [-0.2, -0.15) is 5.10 Å². The molecule has 1 amide bonds. The van der Waals surface area contributed by atoms with E-state index in [0.717, 1.165) is 0 Å². The number of H-pyrrole nitrogens is 1. The molecule has 1 aromatic carbocycles. The van der Waals surface area contributed by atoms with Gasteiger partial charge in [0.05, 0.1) is 5.39 Å². The number of halogens is 1. The van der Waals surface area contributed by atoms with Crippen molar-refractivity contribution in [2.45, 2.75) is 0 Å². The van der Waals surface area contributed by atoms with Crippen LogP contribution in [0, 0.1) is 0 Å². The largest absolute Gasteiger partial charge is 0.304 e. The molecule has 3 rings (SSSR count). The zero-order chi connectivity index (χ0) is 14.8. The maximum Gasteiger partial charge on any atom is 0.277 e. The third kappa shape index (κ3) is 2.59. The summed E-state index contributed by atoms with van der Waals surface area (Å²) in [5.74, 6) is -0.263. The minimum Gasteiger partial charge on any atom is -0.304 e. The van der Waals surface area contributed by atoms with Crippen LogP contribution in [-0.4, -0.2) is 26.3 Å². The van der Waals surface area contributed by atoms with Crippen molar-refractivity contribution in [1.82, 2.24) is 20.4 Å². The molecule has 0 spiro atoms. The van der Waals surface area contributed by atoms with Crippen LogP contribution in [0.5, 0.6) is 0 Å². The van der Waals surface area contributed by atoms with Crippen molar-refractivity contribution >= 4 is 34.1 Å². The summed E-state index contributed by atoms with van der Waals surface area (Å²) in [6.45, 7) is 0. The number of fused-ring (bicyclic) bond motifs is 1. The van der Waals surface area contributed by atoms with E-state index in [2.05, 4.69) is 25.7 Å². The number of carbonyl (C=O) groups excluding carboxylic acids is 1. The van der Waals surface area contributed by atoms with E-state index in [1.807, 2.05) is 0 Å². The van der Waals surface area contributed by atoms with Crippen molar-refractivity contribution in [2.24, 2.45) is 0 Å². The zero-order valence-electron chi connectivity index (χ0n) is 10.5. The molecule has 8 heteroatoms. The van der Waals surface area contributed by atoms with Gasteiger partial charge in [-0.05, 0) is 18.2 Å². The first-order valence-electron chi connectivity index (χ1n) is 5.93. The van der Waals surface area contributed by atoms with E-state index < -0.39 is 5.91 Å². The van der Waals surface area contributed by atoms with E-state index in [1.54, 1.807) is 24.3 Å². The van der Waals surface area contributed by atoms with Crippen LogP contribution >= 0.6 is 11.6 Å². The number of anilines is 1. The first-order chi connectivity index (χ1) is 10.1. The lowest BCUT2D eigenvalue weighted by molar-refractivity contribution is 0.102. The van der Waals surface area contributed by atoms with Gasteiger partial charge < -0.3 is 5.32 Å². The lowest BCUT2D eigenvalue weighted by atomic mass is 10.1. The third-order valence-electron chi connectivity index (χ3n) is 2.78. The van der Waals surface area contributed by atoms with Crippen LogP contribution in [0.4, 0.5) is 5.82 Å². The molecule has 0 atom stereocenters. The van der Waals surface area contributed by atoms with E-state index in [-0.39, 0.29) is 22.2 Å². The van der Waals surface area contributed by atoms with Gasteiger partial charge in [-0.3, -0.25) is 9.59 Å². The Morgan fingerprint density at radius 1 is 1.10 bits per heavy atom. The summed E-state index contributed by atoms with van der Waals surface area (Å²) in [4.78, 5) is 23.9. The standard InChI is InChI=1S/C13H8ClN5O2/c14-9-5-6-10(17-16-9)15-13(21)11-7-3-1-2-4-8(7)12(20)19-18-11/h1-6H,(H,19,20)(H,15,17,21). The number of nitrogens with one attached hydrogen (secondary N) is 2. The fraction of sp³-hybridized carbons (Fsp3) is 0. The molecule has 0 unspecified atom stereocenters. The fourth-order valence-corrected chi connectivity index (χ4v) is 1.95. The second kappa shape index (κ2) is 5.29. The second-order valence-corrected chi connectivity index (χ2v) is 4.53. The highest BCUT2D eigenvalue weighted by atomic mass is 35.5. The monoisotopic (exact) mass is 301 g/mol. The lowest BCUT2D eigenvalue weighted by Gasteiger charge is -2.05. The Morgan fingerprint density at radius 2 is 1.86 bits per heavy atom. The van der Waals surface area contributed by atoms with Crippen LogP contribution in [0.2, 0.25) is 5.15 Å². The Hall–Kier alpha value is -2.80. The van der Waals surface area contributed by atoms with Gasteiger partial charge in [-0.1, -0.05) is 29.8 Å². The van der Waals surface area contributed by atoms with Gasteiger partial charge in [0, 0.05) is 5.39 Å². The van der Waals surface area contributed by atoms with E-state index in [1.165, 1.54) is 12.1 Å². The highest BCUT2D eigenvalue weighted by Crippen LogP contribution is 2.14. The van der Waals surface area contributed by atoms with Crippen molar-refractivity contribution < 1.29 is 4.79 Å². The highest BCUT2D eigenvalue weighted by Gasteiger charge is 2.14. The summed E-state index contributed by atoms with van der Waals surface area (Å²) in [6, 6.07) is 9.73. The summed E-state index contributed by atoms with van der Waals surface area (Å²) in [6.07, 6.45) is 0. The number of aromatic nitrogens is 4. The lowest BCUT2D eigenvalue weighted by Crippen LogP contribution is -2.19. The number of carbonyl (C=O) groups is 1. The maximum atomic E-state index is 12.2. The molecule has 0 bridgehead atoms. The molecular formula is C13H8ClN5O2. The highest BCUT2D eigenvalue weighted by molar-refractivity contribution is 6.29. The van der Waals surface area contributed by atoms with Gasteiger partial charge in [0.25, 0.3) is 11.5 Å². The zero-order valence-corrected chi connectivity index (χ0v) is 11.3. The third-order valence-corrected chi connectivity index (χ3v) is 2.99. The Bertz CT molecular complexity index is 876. The van der Waals surface area contributed by atoms with E-state index in [4.69, 9.17) is 11.6 Å². The molecule has 0 aliphatic carbocycles. The first kappa shape index (κ1) is 13.2. The number of rotatable bonds is 2. The molecule has 7 nitrogen and oxygen atoms in total. The number of amides is 1. The van der Waals surface area contributed by atoms with E-state index in [9.17, 15) is 9.59 Å². The van der Waals surface area contributed by atoms with Gasteiger partial charge in [-0.15, -0.1) is 10.2 Å². The molecule has 0 radical (unpaired) electrons. The molecule has 0 aliphatic heterocycles. The van der Waals surface area contributed by atoms with Crippen LogP contribution in [0.25, 0.3) is 10.8 Å². The van der Waals surface area contributed by atoms with E-state index >= 15 is 0 Å². The summed E-state index contributed by atoms with van der Waals surface area (Å²) in [5, 5.41) is 17.1. The molecule has 21 heavy (non-hydrogen) atoms. The first-order valence-corrected chi connectivity index (χ1v) is 6.31. The smallest absolute Gasteiger partial charge is 0.277 e. The SMILES string of the molecule is O=C(Nc1ccc(Cl)nn1)c1n[nH]c(=O)c2ccccc12. The minimum absolute atomic E-state index is 0.0990. The van der Waals surface area contributed by atoms with E-state index in [0.29, 0.717) is 10.8 Å². The summed E-state index contributed by atoms with van der Waals surface area (Å²) in [5.41, 5.74) is -0.254. The number of nitrogens with zero attached hydrogens (tertiary/aromatic N) is 3. The second-order valence-electron chi connectivity index (χ2n) is 4.14. The molecule has 0 saturated carbocycles. The van der Waals surface area contributed by atoms with Gasteiger partial charge in [0.15, 0.2) is 16.7 Å². The Labute approximate surface area is 123 Å². The van der Waals surface area contributed by atoms with Crippen LogP contribution in [0.1, 0.15) is 10.5 Å². The number of aromatic amines is 1. The maximum absolute atomic E-state index is 12.2. The predicted molar refractivity (Wildman–Crippen MR) is 77.4 cm³/mol. The van der Waals surface area contributed by atoms with Crippen LogP contribution < -0.4 is 10.9 Å². The molecule has 3 aromatic rings. The quantitative estimate of drug-likeness (QED) is 0.749. The molecule has 0 aliphatic rings. The molecule has 104 valence electrons. The molecular weight excluding hydrogens is 294 g/mol. The summed E-state index contributed by atoms with van der Waals surface area (Å²) in [7, 11) is 0. The van der Waals surface area contributed by atoms with Crippen LogP contribution in [0.15, 0.2) is 41.2 Å². The molecule has 2 heterocycles. The summed E-state index contributed by atoms with van der Waals surface area (Å²) < 4.78 is 0. The molecule has 0 saturated heterocycles. The Morgan fingerprint density at radius 3 is 2.57 bits per heavy atom. The molecule has 2 aromatic heterocycles. The normalized spacial score (nSPS) is 10.5. The van der Waals surface area contributed by atoms with Crippen molar-refractivity contribution in [3.05, 3.63) is 57.6 Å². The average Bonchev–Trinajstić information content (AvgIpc) is 2.50. The van der Waals surface area contributed by atoms with Crippen LogP contribution in [0.3, 0.4) is 0 Å². The van der Waals surface area contributed by atoms with Gasteiger partial charge in [-0.25, -0.2) is 5.10 Å². The van der Waals surface area contributed by atoms with Crippen molar-refractivity contribution in [3.8, 4) is 0 Å². The van der Waals surface area contributed by atoms with Gasteiger partial charge >= 0.3 is 0 Å². The Kier molecular flexibility index (Phi) is 3.33. The topological polar surface area (TPSA) is 101 Å². The fourth-order valence-electron chi connectivity index (χ4n) is 1.85. The van der Waals surface area contributed by atoms with Gasteiger partial charge in [0.2, 0.25) is 0 Å². The van der Waals surface area contributed by atoms with Crippen LogP contribution in [-0.2, 0) is 0 Å². The number of hydrogen-bond acceptors (Lipinski definition) is 5. The number of benzene rings is 1. The number of hydrogen-bond donors (Lipinski definition) is 2.